The molecule has 1 fully saturated rings. The quantitative estimate of drug-likeness (QED) is 0.777. The first-order valence-corrected chi connectivity index (χ1v) is 9.23. The van der Waals surface area contributed by atoms with Gasteiger partial charge in [-0.3, -0.25) is 14.5 Å². The van der Waals surface area contributed by atoms with Crippen LogP contribution in [0.3, 0.4) is 0 Å². The van der Waals surface area contributed by atoms with Crippen molar-refractivity contribution in [1.82, 2.24) is 15.5 Å². The van der Waals surface area contributed by atoms with Gasteiger partial charge in [-0.15, -0.1) is 0 Å². The largest absolute Gasteiger partial charge is 0.353 e. The zero-order valence-corrected chi connectivity index (χ0v) is 16.0. The lowest BCUT2D eigenvalue weighted by molar-refractivity contribution is -0.120. The molecule has 0 radical (unpaired) electrons. The summed E-state index contributed by atoms with van der Waals surface area (Å²) in [4.78, 5) is 26.5. The Kier molecular flexibility index (Phi) is 6.80. The molecule has 0 aliphatic carbocycles. The first-order valence-electron chi connectivity index (χ1n) is 8.44. The molecule has 0 aromatic heterocycles. The van der Waals surface area contributed by atoms with Crippen LogP contribution in [0, 0.1) is 0 Å². The SMILES string of the molecule is CC(C)(CNC(=O)CNC(=O)c1cccc(Br)c1)N1CCCCC1. The third-order valence-corrected chi connectivity index (χ3v) is 4.92. The summed E-state index contributed by atoms with van der Waals surface area (Å²) < 4.78 is 0.836. The Morgan fingerprint density at radius 3 is 2.54 bits per heavy atom. The zero-order chi connectivity index (χ0) is 17.6. The molecule has 1 aromatic carbocycles. The van der Waals surface area contributed by atoms with E-state index < -0.39 is 0 Å². The van der Waals surface area contributed by atoms with E-state index in [0.717, 1.165) is 17.6 Å². The van der Waals surface area contributed by atoms with E-state index in [4.69, 9.17) is 0 Å². The first kappa shape index (κ1) is 18.9. The van der Waals surface area contributed by atoms with Gasteiger partial charge in [-0.05, 0) is 58.0 Å². The van der Waals surface area contributed by atoms with Gasteiger partial charge < -0.3 is 10.6 Å². The summed E-state index contributed by atoms with van der Waals surface area (Å²) in [5.41, 5.74) is 0.468. The van der Waals surface area contributed by atoms with Crippen molar-refractivity contribution in [3.8, 4) is 0 Å². The number of hydrogen-bond acceptors (Lipinski definition) is 3. The summed E-state index contributed by atoms with van der Waals surface area (Å²) in [6, 6.07) is 7.09. The number of likely N-dealkylation sites (tertiary alicyclic amines) is 1. The molecule has 1 aliphatic heterocycles. The molecule has 24 heavy (non-hydrogen) atoms. The van der Waals surface area contributed by atoms with Gasteiger partial charge in [0.1, 0.15) is 0 Å². The number of halogens is 1. The predicted molar refractivity (Wildman–Crippen MR) is 99.0 cm³/mol. The number of rotatable bonds is 6. The van der Waals surface area contributed by atoms with E-state index in [1.54, 1.807) is 18.2 Å². The summed E-state index contributed by atoms with van der Waals surface area (Å²) in [7, 11) is 0. The molecule has 1 saturated heterocycles. The second-order valence-corrected chi connectivity index (χ2v) is 7.75. The third kappa shape index (κ3) is 5.60. The summed E-state index contributed by atoms with van der Waals surface area (Å²) >= 11 is 3.33. The highest BCUT2D eigenvalue weighted by Crippen LogP contribution is 2.19. The fourth-order valence-electron chi connectivity index (χ4n) is 2.88. The Morgan fingerprint density at radius 1 is 1.17 bits per heavy atom. The molecule has 2 N–H and O–H groups in total. The third-order valence-electron chi connectivity index (χ3n) is 4.43. The second kappa shape index (κ2) is 8.62. The van der Waals surface area contributed by atoms with Gasteiger partial charge in [-0.1, -0.05) is 28.4 Å². The molecule has 5 nitrogen and oxygen atoms in total. The lowest BCUT2D eigenvalue weighted by atomic mass is 9.98. The molecule has 1 aromatic rings. The number of piperidine rings is 1. The van der Waals surface area contributed by atoms with Gasteiger partial charge in [0.2, 0.25) is 5.91 Å². The maximum absolute atomic E-state index is 12.0. The molecule has 1 aliphatic rings. The number of carbonyl (C=O) groups is 2. The molecule has 132 valence electrons. The lowest BCUT2D eigenvalue weighted by Gasteiger charge is -2.41. The Bertz CT molecular complexity index is 583. The van der Waals surface area contributed by atoms with E-state index in [1.165, 1.54) is 19.3 Å². The monoisotopic (exact) mass is 395 g/mol. The van der Waals surface area contributed by atoms with Crippen molar-refractivity contribution in [3.05, 3.63) is 34.3 Å². The number of amides is 2. The van der Waals surface area contributed by atoms with Gasteiger partial charge in [0, 0.05) is 22.1 Å². The van der Waals surface area contributed by atoms with Gasteiger partial charge >= 0.3 is 0 Å². The van der Waals surface area contributed by atoms with Crippen LogP contribution in [-0.4, -0.2) is 48.4 Å². The number of carbonyl (C=O) groups excluding carboxylic acids is 2. The topological polar surface area (TPSA) is 61.4 Å². The average molecular weight is 396 g/mol. The molecule has 0 bridgehead atoms. The van der Waals surface area contributed by atoms with Crippen molar-refractivity contribution in [1.29, 1.82) is 0 Å². The van der Waals surface area contributed by atoms with Crippen molar-refractivity contribution >= 4 is 27.7 Å². The van der Waals surface area contributed by atoms with Gasteiger partial charge in [0.15, 0.2) is 0 Å². The minimum absolute atomic E-state index is 0.0125. The highest BCUT2D eigenvalue weighted by atomic mass is 79.9. The van der Waals surface area contributed by atoms with E-state index in [0.29, 0.717) is 12.1 Å². The molecule has 2 amide bonds. The van der Waals surface area contributed by atoms with E-state index in [9.17, 15) is 9.59 Å². The zero-order valence-electron chi connectivity index (χ0n) is 14.4. The normalized spacial score (nSPS) is 15.8. The average Bonchev–Trinajstić information content (AvgIpc) is 2.58. The smallest absolute Gasteiger partial charge is 0.251 e. The molecule has 6 heteroatoms. The predicted octanol–water partition coefficient (Wildman–Crippen LogP) is 2.56. The highest BCUT2D eigenvalue weighted by Gasteiger charge is 2.28. The fraction of sp³-hybridized carbons (Fsp3) is 0.556. The van der Waals surface area contributed by atoms with Crippen molar-refractivity contribution < 1.29 is 9.59 Å². The molecule has 0 atom stereocenters. The van der Waals surface area contributed by atoms with E-state index in [2.05, 4.69) is 45.3 Å². The van der Waals surface area contributed by atoms with Gasteiger partial charge in [-0.2, -0.15) is 0 Å². The highest BCUT2D eigenvalue weighted by molar-refractivity contribution is 9.10. The Morgan fingerprint density at radius 2 is 1.88 bits per heavy atom. The van der Waals surface area contributed by atoms with Gasteiger partial charge in [-0.25, -0.2) is 0 Å². The van der Waals surface area contributed by atoms with Crippen molar-refractivity contribution in [2.45, 2.75) is 38.6 Å². The van der Waals surface area contributed by atoms with Gasteiger partial charge in [0.25, 0.3) is 5.91 Å². The Labute approximate surface area is 152 Å². The van der Waals surface area contributed by atoms with Crippen molar-refractivity contribution in [3.63, 3.8) is 0 Å². The van der Waals surface area contributed by atoms with Gasteiger partial charge in [0.05, 0.1) is 6.54 Å². The van der Waals surface area contributed by atoms with Crippen LogP contribution in [0.2, 0.25) is 0 Å². The number of nitrogens with one attached hydrogen (secondary N) is 2. The van der Waals surface area contributed by atoms with Crippen LogP contribution in [0.25, 0.3) is 0 Å². The molecule has 0 saturated carbocycles. The Hall–Kier alpha value is -1.40. The molecular weight excluding hydrogens is 370 g/mol. The summed E-state index contributed by atoms with van der Waals surface area (Å²) in [5.74, 6) is -0.412. The summed E-state index contributed by atoms with van der Waals surface area (Å²) in [6.45, 7) is 7.04. The minimum Gasteiger partial charge on any atom is -0.353 e. The van der Waals surface area contributed by atoms with Crippen LogP contribution < -0.4 is 10.6 Å². The maximum Gasteiger partial charge on any atom is 0.251 e. The van der Waals surface area contributed by atoms with Crippen molar-refractivity contribution in [2.24, 2.45) is 0 Å². The molecule has 0 unspecified atom stereocenters. The van der Waals surface area contributed by atoms with Crippen LogP contribution in [0.15, 0.2) is 28.7 Å². The number of hydrogen-bond donors (Lipinski definition) is 2. The first-order chi connectivity index (χ1) is 11.4. The van der Waals surface area contributed by atoms with E-state index in [-0.39, 0.29) is 23.9 Å². The minimum atomic E-state index is -0.248. The second-order valence-electron chi connectivity index (χ2n) is 6.83. The van der Waals surface area contributed by atoms with Crippen LogP contribution in [0.4, 0.5) is 0 Å². The fourth-order valence-corrected chi connectivity index (χ4v) is 3.28. The van der Waals surface area contributed by atoms with Crippen molar-refractivity contribution in [2.75, 3.05) is 26.2 Å². The van der Waals surface area contributed by atoms with Crippen LogP contribution in [-0.2, 0) is 4.79 Å². The lowest BCUT2D eigenvalue weighted by Crippen LogP contribution is -2.54. The standard InChI is InChI=1S/C18H26BrN3O2/c1-18(2,22-9-4-3-5-10-22)13-21-16(23)12-20-17(24)14-7-6-8-15(19)11-14/h6-8,11H,3-5,9-10,12-13H2,1-2H3,(H,20,24)(H,21,23). The molecule has 1 heterocycles. The Balaban J connectivity index is 1.75. The van der Waals surface area contributed by atoms with Crippen LogP contribution >= 0.6 is 15.9 Å². The molecule has 0 spiro atoms. The summed E-state index contributed by atoms with van der Waals surface area (Å²) in [6.07, 6.45) is 3.74. The maximum atomic E-state index is 12.0. The van der Waals surface area contributed by atoms with E-state index in [1.807, 2.05) is 6.07 Å². The van der Waals surface area contributed by atoms with Crippen LogP contribution in [0.5, 0.6) is 0 Å². The van der Waals surface area contributed by atoms with E-state index >= 15 is 0 Å². The molecule has 2 rings (SSSR count). The molecular formula is C18H26BrN3O2. The number of nitrogens with zero attached hydrogens (tertiary/aromatic N) is 1. The van der Waals surface area contributed by atoms with Crippen LogP contribution in [0.1, 0.15) is 43.5 Å². The number of benzene rings is 1. The summed E-state index contributed by atoms with van der Waals surface area (Å²) in [5, 5.41) is 5.59.